The number of para-hydroxylation sites is 2. The molecule has 0 radical (unpaired) electrons. The number of nitrogens with zero attached hydrogens (tertiary/aromatic N) is 2. The average molecular weight is 393 g/mol. The maximum atomic E-state index is 12.8. The zero-order chi connectivity index (χ0) is 20.3. The lowest BCUT2D eigenvalue weighted by molar-refractivity contribution is -0.137. The topological polar surface area (TPSA) is 55.8 Å². The van der Waals surface area contributed by atoms with Gasteiger partial charge in [0.05, 0.1) is 17.3 Å². The van der Waals surface area contributed by atoms with E-state index in [2.05, 4.69) is 5.32 Å². The van der Waals surface area contributed by atoms with Crippen LogP contribution in [0.5, 0.6) is 5.75 Å². The smallest absolute Gasteiger partial charge is 0.416 e. The van der Waals surface area contributed by atoms with E-state index in [0.717, 1.165) is 17.8 Å². The number of benzene rings is 2. The van der Waals surface area contributed by atoms with E-state index in [1.54, 1.807) is 19.1 Å². The number of piperazine rings is 1. The molecule has 2 N–H and O–H groups in total. The highest BCUT2D eigenvalue weighted by Crippen LogP contribution is 2.31. The molecular formula is C20H22F3N3O2. The van der Waals surface area contributed by atoms with Crippen molar-refractivity contribution in [2.75, 3.05) is 36.4 Å². The van der Waals surface area contributed by atoms with Crippen molar-refractivity contribution in [2.24, 2.45) is 0 Å². The second-order valence-corrected chi connectivity index (χ2v) is 6.76. The van der Waals surface area contributed by atoms with Crippen molar-refractivity contribution in [3.63, 3.8) is 0 Å². The van der Waals surface area contributed by atoms with Gasteiger partial charge < -0.3 is 15.3 Å². The van der Waals surface area contributed by atoms with Crippen LogP contribution in [0.3, 0.4) is 0 Å². The number of phenols is 1. The zero-order valence-electron chi connectivity index (χ0n) is 15.4. The lowest BCUT2D eigenvalue weighted by Gasteiger charge is -2.38. The molecule has 1 aliphatic heterocycles. The molecular weight excluding hydrogens is 371 g/mol. The Morgan fingerprint density at radius 2 is 1.75 bits per heavy atom. The van der Waals surface area contributed by atoms with Crippen LogP contribution in [0.15, 0.2) is 48.5 Å². The summed E-state index contributed by atoms with van der Waals surface area (Å²) in [5.74, 6) is -0.137. The molecule has 2 aromatic carbocycles. The fourth-order valence-electron chi connectivity index (χ4n) is 3.27. The SMILES string of the molecule is C[C@H](C(=O)Nc1cccc(C(F)(F)F)c1)N1CCN(c2ccccc2O)CC1. The summed E-state index contributed by atoms with van der Waals surface area (Å²) in [6, 6.07) is 11.2. The number of nitrogens with one attached hydrogen (secondary N) is 1. The number of hydrogen-bond acceptors (Lipinski definition) is 4. The van der Waals surface area contributed by atoms with Crippen LogP contribution >= 0.6 is 0 Å². The Balaban J connectivity index is 1.59. The molecule has 0 unspecified atom stereocenters. The minimum atomic E-state index is -4.45. The summed E-state index contributed by atoms with van der Waals surface area (Å²) in [6.45, 7) is 4.22. The Morgan fingerprint density at radius 3 is 2.39 bits per heavy atom. The number of rotatable bonds is 4. The number of anilines is 2. The Hall–Kier alpha value is -2.74. The van der Waals surface area contributed by atoms with Crippen LogP contribution in [0.25, 0.3) is 0 Å². The third-order valence-corrected chi connectivity index (χ3v) is 4.92. The van der Waals surface area contributed by atoms with Crippen LogP contribution in [-0.4, -0.2) is 48.1 Å². The Bertz CT molecular complexity index is 833. The third-order valence-electron chi connectivity index (χ3n) is 4.92. The lowest BCUT2D eigenvalue weighted by Crippen LogP contribution is -2.52. The van der Waals surface area contributed by atoms with Gasteiger partial charge >= 0.3 is 6.18 Å². The second kappa shape index (κ2) is 8.10. The number of amides is 1. The molecule has 0 spiro atoms. The number of carbonyl (C=O) groups is 1. The minimum Gasteiger partial charge on any atom is -0.506 e. The van der Waals surface area contributed by atoms with Crippen LogP contribution in [0.2, 0.25) is 0 Å². The van der Waals surface area contributed by atoms with Gasteiger partial charge in [-0.2, -0.15) is 13.2 Å². The largest absolute Gasteiger partial charge is 0.506 e. The molecule has 0 aliphatic carbocycles. The normalized spacial score (nSPS) is 16.6. The number of halogens is 3. The van der Waals surface area contributed by atoms with E-state index in [4.69, 9.17) is 0 Å². The molecule has 0 aromatic heterocycles. The van der Waals surface area contributed by atoms with E-state index in [0.29, 0.717) is 26.2 Å². The Kier molecular flexibility index (Phi) is 5.79. The molecule has 1 aliphatic rings. The summed E-state index contributed by atoms with van der Waals surface area (Å²) in [6.07, 6.45) is -4.45. The molecule has 150 valence electrons. The van der Waals surface area contributed by atoms with Gasteiger partial charge in [-0.15, -0.1) is 0 Å². The monoisotopic (exact) mass is 393 g/mol. The first-order valence-corrected chi connectivity index (χ1v) is 9.01. The molecule has 5 nitrogen and oxygen atoms in total. The van der Waals surface area contributed by atoms with Gasteiger partial charge in [-0.25, -0.2) is 0 Å². The number of alkyl halides is 3. The molecule has 0 bridgehead atoms. The van der Waals surface area contributed by atoms with Crippen molar-refractivity contribution >= 4 is 17.3 Å². The molecule has 28 heavy (non-hydrogen) atoms. The first-order chi connectivity index (χ1) is 13.3. The van der Waals surface area contributed by atoms with Gasteiger partial charge in [0.2, 0.25) is 5.91 Å². The number of hydrogen-bond donors (Lipinski definition) is 2. The Morgan fingerprint density at radius 1 is 1.07 bits per heavy atom. The van der Waals surface area contributed by atoms with Crippen LogP contribution in [-0.2, 0) is 11.0 Å². The van der Waals surface area contributed by atoms with Crippen LogP contribution in [0.4, 0.5) is 24.5 Å². The van der Waals surface area contributed by atoms with Crippen molar-refractivity contribution in [3.05, 3.63) is 54.1 Å². The first kappa shape index (κ1) is 20.0. The first-order valence-electron chi connectivity index (χ1n) is 9.01. The molecule has 1 atom stereocenters. The summed E-state index contributed by atoms with van der Waals surface area (Å²) in [5, 5.41) is 12.5. The molecule has 2 aromatic rings. The number of carbonyl (C=O) groups excluding carboxylic acids is 1. The van der Waals surface area contributed by atoms with Gasteiger partial charge in [0.15, 0.2) is 0 Å². The molecule has 1 fully saturated rings. The predicted molar refractivity (Wildman–Crippen MR) is 101 cm³/mol. The summed E-state index contributed by atoms with van der Waals surface area (Å²) < 4.78 is 38.4. The molecule has 1 saturated heterocycles. The maximum absolute atomic E-state index is 12.8. The summed E-state index contributed by atoms with van der Waals surface area (Å²) >= 11 is 0. The predicted octanol–water partition coefficient (Wildman–Crippen LogP) is 3.56. The fraction of sp³-hybridized carbons (Fsp3) is 0.350. The highest BCUT2D eigenvalue weighted by Gasteiger charge is 2.31. The van der Waals surface area contributed by atoms with Gasteiger partial charge in [0.25, 0.3) is 0 Å². The van der Waals surface area contributed by atoms with E-state index < -0.39 is 17.8 Å². The average Bonchev–Trinajstić information content (AvgIpc) is 2.67. The van der Waals surface area contributed by atoms with E-state index >= 15 is 0 Å². The van der Waals surface area contributed by atoms with Crippen molar-refractivity contribution in [2.45, 2.75) is 19.1 Å². The maximum Gasteiger partial charge on any atom is 0.416 e. The Labute approximate surface area is 161 Å². The quantitative estimate of drug-likeness (QED) is 0.834. The van der Waals surface area contributed by atoms with Crippen LogP contribution in [0, 0.1) is 0 Å². The van der Waals surface area contributed by atoms with Crippen molar-refractivity contribution in [3.8, 4) is 5.75 Å². The molecule has 0 saturated carbocycles. The van der Waals surface area contributed by atoms with Crippen LogP contribution < -0.4 is 10.2 Å². The standard InChI is InChI=1S/C20H22F3N3O2/c1-14(19(28)24-16-6-4-5-15(13-16)20(21,22)23)25-9-11-26(12-10-25)17-7-2-3-8-18(17)27/h2-8,13-14,27H,9-12H2,1H3,(H,24,28)/t14-/m1/s1. The van der Waals surface area contributed by atoms with E-state index in [-0.39, 0.29) is 17.3 Å². The number of phenolic OH excluding ortho intramolecular Hbond substituents is 1. The summed E-state index contributed by atoms with van der Waals surface area (Å²) in [7, 11) is 0. The molecule has 1 heterocycles. The third kappa shape index (κ3) is 4.56. The van der Waals surface area contributed by atoms with E-state index in [1.165, 1.54) is 12.1 Å². The molecule has 3 rings (SSSR count). The highest BCUT2D eigenvalue weighted by atomic mass is 19.4. The zero-order valence-corrected chi connectivity index (χ0v) is 15.4. The number of aromatic hydroxyl groups is 1. The van der Waals surface area contributed by atoms with Gasteiger partial charge in [-0.05, 0) is 37.3 Å². The van der Waals surface area contributed by atoms with Gasteiger partial charge in [0, 0.05) is 31.9 Å². The summed E-state index contributed by atoms with van der Waals surface area (Å²) in [5.41, 5.74) is 0.0805. The fourth-order valence-corrected chi connectivity index (χ4v) is 3.27. The molecule has 8 heteroatoms. The van der Waals surface area contributed by atoms with Gasteiger partial charge in [0.1, 0.15) is 5.75 Å². The summed E-state index contributed by atoms with van der Waals surface area (Å²) in [4.78, 5) is 16.5. The van der Waals surface area contributed by atoms with E-state index in [9.17, 15) is 23.1 Å². The lowest BCUT2D eigenvalue weighted by atomic mass is 10.1. The van der Waals surface area contributed by atoms with Gasteiger partial charge in [-0.3, -0.25) is 9.69 Å². The molecule has 1 amide bonds. The van der Waals surface area contributed by atoms with Crippen LogP contribution in [0.1, 0.15) is 12.5 Å². The van der Waals surface area contributed by atoms with E-state index in [1.807, 2.05) is 21.9 Å². The highest BCUT2D eigenvalue weighted by molar-refractivity contribution is 5.94. The van der Waals surface area contributed by atoms with Crippen molar-refractivity contribution < 1.29 is 23.1 Å². The van der Waals surface area contributed by atoms with Gasteiger partial charge in [-0.1, -0.05) is 18.2 Å². The second-order valence-electron chi connectivity index (χ2n) is 6.76. The van der Waals surface area contributed by atoms with Crippen molar-refractivity contribution in [1.29, 1.82) is 0 Å². The minimum absolute atomic E-state index is 0.125. The van der Waals surface area contributed by atoms with Crippen molar-refractivity contribution in [1.82, 2.24) is 4.90 Å².